The predicted molar refractivity (Wildman–Crippen MR) is 113 cm³/mol. The van der Waals surface area contributed by atoms with E-state index in [0.717, 1.165) is 5.56 Å². The number of carbonyl (C=O) groups excluding carboxylic acids is 2. The van der Waals surface area contributed by atoms with Crippen LogP contribution in [0.25, 0.3) is 0 Å². The molecule has 0 saturated carbocycles. The number of anilines is 2. The van der Waals surface area contributed by atoms with Gasteiger partial charge in [-0.1, -0.05) is 11.6 Å². The SMILES string of the molecule is COc1ccc(NC(=O)COc2ccc(Cl)c(C)c2)cc1NC(=O)OC(C)(C)C. The van der Waals surface area contributed by atoms with Gasteiger partial charge in [0.1, 0.15) is 17.1 Å². The molecule has 2 aromatic carbocycles. The van der Waals surface area contributed by atoms with Crippen LogP contribution in [-0.2, 0) is 9.53 Å². The summed E-state index contributed by atoms with van der Waals surface area (Å²) in [5.74, 6) is 0.622. The van der Waals surface area contributed by atoms with Crippen molar-refractivity contribution in [1.29, 1.82) is 0 Å². The molecule has 0 bridgehead atoms. The highest BCUT2D eigenvalue weighted by Crippen LogP contribution is 2.28. The molecule has 0 aliphatic carbocycles. The number of hydrogen-bond acceptors (Lipinski definition) is 5. The van der Waals surface area contributed by atoms with Crippen molar-refractivity contribution in [2.75, 3.05) is 24.4 Å². The van der Waals surface area contributed by atoms with Gasteiger partial charge in [-0.05, 0) is 69.7 Å². The van der Waals surface area contributed by atoms with Crippen LogP contribution >= 0.6 is 11.6 Å². The normalized spacial score (nSPS) is 10.8. The molecule has 0 radical (unpaired) electrons. The standard InChI is InChI=1S/C21H25ClN2O5/c1-13-10-15(7-8-16(13)22)28-12-19(25)23-14-6-9-18(27-5)17(11-14)24-20(26)29-21(2,3)4/h6-11H,12H2,1-5H3,(H,23,25)(H,24,26). The quantitative estimate of drug-likeness (QED) is 0.685. The Balaban J connectivity index is 2.01. The average Bonchev–Trinajstić information content (AvgIpc) is 2.61. The Hall–Kier alpha value is -2.93. The van der Waals surface area contributed by atoms with Gasteiger partial charge in [-0.15, -0.1) is 0 Å². The number of amides is 2. The molecule has 2 N–H and O–H groups in total. The van der Waals surface area contributed by atoms with E-state index in [4.69, 9.17) is 25.8 Å². The van der Waals surface area contributed by atoms with Crippen LogP contribution < -0.4 is 20.1 Å². The highest BCUT2D eigenvalue weighted by atomic mass is 35.5. The fraction of sp³-hybridized carbons (Fsp3) is 0.333. The summed E-state index contributed by atoms with van der Waals surface area (Å²) < 4.78 is 16.0. The molecular weight excluding hydrogens is 396 g/mol. The van der Waals surface area contributed by atoms with Crippen molar-refractivity contribution in [3.05, 3.63) is 47.0 Å². The summed E-state index contributed by atoms with van der Waals surface area (Å²) >= 11 is 5.98. The van der Waals surface area contributed by atoms with Crippen molar-refractivity contribution in [2.45, 2.75) is 33.3 Å². The largest absolute Gasteiger partial charge is 0.495 e. The number of aryl methyl sites for hydroxylation is 1. The third-order valence-corrected chi connectivity index (χ3v) is 4.04. The maximum atomic E-state index is 12.2. The molecule has 7 nitrogen and oxygen atoms in total. The molecule has 0 aliphatic heterocycles. The first-order chi connectivity index (χ1) is 13.6. The Morgan fingerprint density at radius 3 is 2.41 bits per heavy atom. The van der Waals surface area contributed by atoms with Gasteiger partial charge in [-0.25, -0.2) is 4.79 Å². The lowest BCUT2D eigenvalue weighted by molar-refractivity contribution is -0.118. The maximum absolute atomic E-state index is 12.2. The number of ether oxygens (including phenoxy) is 3. The Bertz CT molecular complexity index is 893. The van der Waals surface area contributed by atoms with Gasteiger partial charge in [0.05, 0.1) is 12.8 Å². The Kier molecular flexibility index (Phi) is 7.34. The highest BCUT2D eigenvalue weighted by molar-refractivity contribution is 6.31. The first-order valence-corrected chi connectivity index (χ1v) is 9.32. The van der Waals surface area contributed by atoms with E-state index in [0.29, 0.717) is 27.9 Å². The Labute approximate surface area is 175 Å². The van der Waals surface area contributed by atoms with Crippen molar-refractivity contribution in [3.8, 4) is 11.5 Å². The molecule has 2 amide bonds. The smallest absolute Gasteiger partial charge is 0.412 e. The molecule has 156 valence electrons. The van der Waals surface area contributed by atoms with Crippen molar-refractivity contribution in [2.24, 2.45) is 0 Å². The van der Waals surface area contributed by atoms with Crippen LogP contribution in [-0.4, -0.2) is 31.3 Å². The van der Waals surface area contributed by atoms with Gasteiger partial charge in [0.2, 0.25) is 0 Å². The van der Waals surface area contributed by atoms with E-state index >= 15 is 0 Å². The number of carbonyl (C=O) groups is 2. The third-order valence-electron chi connectivity index (χ3n) is 3.62. The third kappa shape index (κ3) is 7.19. The summed E-state index contributed by atoms with van der Waals surface area (Å²) in [6.07, 6.45) is -0.624. The van der Waals surface area contributed by atoms with Gasteiger partial charge in [0, 0.05) is 10.7 Å². The summed E-state index contributed by atoms with van der Waals surface area (Å²) in [7, 11) is 1.48. The molecule has 0 unspecified atom stereocenters. The minimum absolute atomic E-state index is 0.179. The lowest BCUT2D eigenvalue weighted by atomic mass is 10.2. The van der Waals surface area contributed by atoms with E-state index in [1.165, 1.54) is 7.11 Å². The van der Waals surface area contributed by atoms with Crippen LogP contribution in [0.15, 0.2) is 36.4 Å². The van der Waals surface area contributed by atoms with Crippen LogP contribution in [0.5, 0.6) is 11.5 Å². The monoisotopic (exact) mass is 420 g/mol. The summed E-state index contributed by atoms with van der Waals surface area (Å²) in [6.45, 7) is 6.97. The van der Waals surface area contributed by atoms with Gasteiger partial charge in [-0.2, -0.15) is 0 Å². The van der Waals surface area contributed by atoms with E-state index in [2.05, 4.69) is 10.6 Å². The number of rotatable bonds is 6. The van der Waals surface area contributed by atoms with Gasteiger partial charge >= 0.3 is 6.09 Å². The molecule has 0 aromatic heterocycles. The molecule has 0 heterocycles. The van der Waals surface area contributed by atoms with Crippen LogP contribution in [0.4, 0.5) is 16.2 Å². The predicted octanol–water partition coefficient (Wildman–Crippen LogP) is 5.02. The lowest BCUT2D eigenvalue weighted by Gasteiger charge is -2.20. The minimum Gasteiger partial charge on any atom is -0.495 e. The van der Waals surface area contributed by atoms with Gasteiger partial charge in [0.25, 0.3) is 5.91 Å². The number of hydrogen-bond donors (Lipinski definition) is 2. The second kappa shape index (κ2) is 9.52. The molecule has 0 aliphatic rings. The Morgan fingerprint density at radius 2 is 1.79 bits per heavy atom. The topological polar surface area (TPSA) is 85.9 Å². The van der Waals surface area contributed by atoms with Crippen molar-refractivity contribution in [3.63, 3.8) is 0 Å². The van der Waals surface area contributed by atoms with E-state index < -0.39 is 11.7 Å². The van der Waals surface area contributed by atoms with Crippen LogP contribution in [0.2, 0.25) is 5.02 Å². The molecule has 2 rings (SSSR count). The zero-order valence-corrected chi connectivity index (χ0v) is 17.8. The maximum Gasteiger partial charge on any atom is 0.412 e. The van der Waals surface area contributed by atoms with Crippen molar-refractivity contribution in [1.82, 2.24) is 0 Å². The van der Waals surface area contributed by atoms with Crippen LogP contribution in [0, 0.1) is 6.92 Å². The van der Waals surface area contributed by atoms with E-state index in [-0.39, 0.29) is 12.5 Å². The molecule has 0 saturated heterocycles. The van der Waals surface area contributed by atoms with E-state index in [9.17, 15) is 9.59 Å². The molecule has 2 aromatic rings. The Morgan fingerprint density at radius 1 is 1.07 bits per heavy atom. The summed E-state index contributed by atoms with van der Waals surface area (Å²) in [5, 5.41) is 5.96. The molecule has 0 spiro atoms. The second-order valence-corrected chi connectivity index (χ2v) is 7.70. The highest BCUT2D eigenvalue weighted by Gasteiger charge is 2.18. The summed E-state index contributed by atoms with van der Waals surface area (Å²) in [5.41, 5.74) is 1.06. The van der Waals surface area contributed by atoms with Gasteiger partial charge in [-0.3, -0.25) is 10.1 Å². The molecule has 8 heteroatoms. The fourth-order valence-electron chi connectivity index (χ4n) is 2.35. The molecule has 29 heavy (non-hydrogen) atoms. The molecule has 0 fully saturated rings. The van der Waals surface area contributed by atoms with Crippen LogP contribution in [0.3, 0.4) is 0 Å². The summed E-state index contributed by atoms with van der Waals surface area (Å²) in [6, 6.07) is 10.0. The van der Waals surface area contributed by atoms with Crippen molar-refractivity contribution >= 4 is 35.0 Å². The first kappa shape index (κ1) is 22.4. The zero-order valence-electron chi connectivity index (χ0n) is 17.1. The summed E-state index contributed by atoms with van der Waals surface area (Å²) in [4.78, 5) is 24.2. The van der Waals surface area contributed by atoms with Gasteiger partial charge < -0.3 is 19.5 Å². The molecular formula is C21H25ClN2O5. The van der Waals surface area contributed by atoms with Crippen LogP contribution in [0.1, 0.15) is 26.3 Å². The number of benzene rings is 2. The lowest BCUT2D eigenvalue weighted by Crippen LogP contribution is -2.27. The zero-order chi connectivity index (χ0) is 21.6. The minimum atomic E-state index is -0.638. The first-order valence-electron chi connectivity index (χ1n) is 8.94. The molecule has 0 atom stereocenters. The second-order valence-electron chi connectivity index (χ2n) is 7.29. The van der Waals surface area contributed by atoms with E-state index in [1.54, 1.807) is 57.2 Å². The van der Waals surface area contributed by atoms with Crippen molar-refractivity contribution < 1.29 is 23.8 Å². The number of nitrogens with one attached hydrogen (secondary N) is 2. The van der Waals surface area contributed by atoms with E-state index in [1.807, 2.05) is 6.92 Å². The number of methoxy groups -OCH3 is 1. The van der Waals surface area contributed by atoms with Gasteiger partial charge in [0.15, 0.2) is 6.61 Å². The number of halogens is 1. The average molecular weight is 421 g/mol. The fourth-order valence-corrected chi connectivity index (χ4v) is 2.47.